The van der Waals surface area contributed by atoms with Gasteiger partial charge < -0.3 is 62.2 Å². The molecule has 16 aromatic rings. The molecule has 127 heavy (non-hydrogen) atoms. The minimum absolute atomic E-state index is 0.0517. The van der Waals surface area contributed by atoms with Gasteiger partial charge in [0.15, 0.2) is 0 Å². The van der Waals surface area contributed by atoms with Crippen molar-refractivity contribution in [3.63, 3.8) is 0 Å². The van der Waals surface area contributed by atoms with Gasteiger partial charge in [-0.25, -0.2) is 19.9 Å². The molecule has 20 rings (SSSR count). The molecule has 4 amide bonds. The lowest BCUT2D eigenvalue weighted by Crippen LogP contribution is -2.49. The van der Waals surface area contributed by atoms with Crippen molar-refractivity contribution in [2.24, 2.45) is 0 Å². The fourth-order valence-electron chi connectivity index (χ4n) is 17.2. The molecule has 0 N–H and O–H groups in total. The molecule has 4 fully saturated rings. The second kappa shape index (κ2) is 38.0. The third-order valence-electron chi connectivity index (χ3n) is 24.8. The summed E-state index contributed by atoms with van der Waals surface area (Å²) in [5.41, 5.74) is 17.4. The Morgan fingerprint density at radius 2 is 0.598 bits per heavy atom. The molecule has 12 heterocycles. The second-order valence-corrected chi connectivity index (χ2v) is 33.6. The molecule has 4 aliphatic heterocycles. The summed E-state index contributed by atoms with van der Waals surface area (Å²) in [7, 11) is 1.69. The smallest absolute Gasteiger partial charge is 0.255 e. The SMILES string of the molecule is COc1ccccc1N1CCN(C(=O)c2ccn(-c3ccc4ccccc4n3)c2C)CC1.Cc1c(C(=O)N2CCN(c3ccc(Cl)c(Cl)c3)CC2)ccn1-c1ccc2ccccc2n1.Cc1c(C(=O)N2CCN(c3cccc(Cl)c3)CC2)ccn1-c1ccc2ccccc2n1.Cc1ccc(N2CCN(C(=O)c3ccn(-c4ccc5ccccc5n4)c3C)CC2)cc1C. The van der Waals surface area contributed by atoms with Gasteiger partial charge in [0.1, 0.15) is 29.0 Å². The van der Waals surface area contributed by atoms with Crippen LogP contribution in [0.4, 0.5) is 22.7 Å². The molecule has 0 radical (unpaired) electrons. The highest BCUT2D eigenvalue weighted by Gasteiger charge is 2.31. The summed E-state index contributed by atoms with van der Waals surface area (Å²) >= 11 is 18.3. The third-order valence-corrected chi connectivity index (χ3v) is 25.8. The van der Waals surface area contributed by atoms with E-state index in [0.29, 0.717) is 54.9 Å². The highest BCUT2D eigenvalue weighted by atomic mass is 35.5. The van der Waals surface area contributed by atoms with Gasteiger partial charge in [0, 0.05) is 196 Å². The lowest BCUT2D eigenvalue weighted by Gasteiger charge is -2.36. The van der Waals surface area contributed by atoms with Crippen LogP contribution in [0.25, 0.3) is 66.9 Å². The van der Waals surface area contributed by atoms with Gasteiger partial charge >= 0.3 is 0 Å². The number of anilines is 4. The van der Waals surface area contributed by atoms with Crippen LogP contribution in [0.5, 0.6) is 5.75 Å². The topological polar surface area (TPSA) is 175 Å². The van der Waals surface area contributed by atoms with Crippen LogP contribution in [0.1, 0.15) is 75.3 Å². The first-order valence-electron chi connectivity index (χ1n) is 43.0. The number of carbonyl (C=O) groups is 4. The van der Waals surface area contributed by atoms with E-state index in [9.17, 15) is 19.2 Å². The van der Waals surface area contributed by atoms with Crippen LogP contribution in [0, 0.1) is 41.5 Å². The molecule has 0 saturated carbocycles. The highest BCUT2D eigenvalue weighted by Crippen LogP contribution is 2.34. The van der Waals surface area contributed by atoms with Crippen molar-refractivity contribution < 1.29 is 23.9 Å². The number of fused-ring (bicyclic) bond motifs is 4. The minimum atomic E-state index is 0.0517. The van der Waals surface area contributed by atoms with E-state index in [2.05, 4.69) is 94.1 Å². The summed E-state index contributed by atoms with van der Waals surface area (Å²) < 4.78 is 13.5. The largest absolute Gasteiger partial charge is 0.495 e. The van der Waals surface area contributed by atoms with E-state index in [1.54, 1.807) is 7.11 Å². The molecular formula is C103H99Cl3N16O5. The zero-order chi connectivity index (χ0) is 87.9. The predicted molar refractivity (Wildman–Crippen MR) is 513 cm³/mol. The molecule has 0 bridgehead atoms. The van der Waals surface area contributed by atoms with Gasteiger partial charge in [0.2, 0.25) is 0 Å². The van der Waals surface area contributed by atoms with E-state index in [1.807, 2.05) is 284 Å². The minimum Gasteiger partial charge on any atom is -0.495 e. The molecule has 8 aromatic heterocycles. The molecule has 8 aromatic carbocycles. The van der Waals surface area contributed by atoms with E-state index in [1.165, 1.54) is 16.8 Å². The number of benzene rings is 8. The van der Waals surface area contributed by atoms with Crippen molar-refractivity contribution in [1.82, 2.24) is 57.8 Å². The predicted octanol–water partition coefficient (Wildman–Crippen LogP) is 19.8. The van der Waals surface area contributed by atoms with Gasteiger partial charge in [-0.1, -0.05) is 132 Å². The van der Waals surface area contributed by atoms with Crippen LogP contribution in [-0.2, 0) is 0 Å². The van der Waals surface area contributed by atoms with E-state index >= 15 is 0 Å². The fourth-order valence-corrected chi connectivity index (χ4v) is 17.7. The Balaban J connectivity index is 0.000000119. The molecule has 642 valence electrons. The van der Waals surface area contributed by atoms with Crippen LogP contribution in [0.3, 0.4) is 0 Å². The van der Waals surface area contributed by atoms with Gasteiger partial charge in [-0.15, -0.1) is 0 Å². The average molecular weight is 1750 g/mol. The fraction of sp³-hybridized carbons (Fsp3) is 0.223. The molecule has 0 spiro atoms. The first-order valence-corrected chi connectivity index (χ1v) is 44.2. The zero-order valence-corrected chi connectivity index (χ0v) is 74.5. The monoisotopic (exact) mass is 1740 g/mol. The number of para-hydroxylation sites is 6. The molecule has 4 aliphatic rings. The van der Waals surface area contributed by atoms with Gasteiger partial charge in [0.05, 0.1) is 67.2 Å². The van der Waals surface area contributed by atoms with Crippen molar-refractivity contribution in [3.8, 4) is 29.0 Å². The molecule has 0 unspecified atom stereocenters. The molecule has 24 heteroatoms. The maximum absolute atomic E-state index is 13.3. The number of amides is 4. The van der Waals surface area contributed by atoms with Crippen molar-refractivity contribution >= 4 is 125 Å². The number of aryl methyl sites for hydroxylation is 2. The van der Waals surface area contributed by atoms with Gasteiger partial charge in [-0.05, 0) is 210 Å². The number of halogens is 3. The summed E-state index contributed by atoms with van der Waals surface area (Å²) in [6.45, 7) is 24.0. The number of rotatable bonds is 13. The van der Waals surface area contributed by atoms with Crippen molar-refractivity contribution in [2.45, 2.75) is 41.5 Å². The Bertz CT molecular complexity index is 6540. The lowest BCUT2D eigenvalue weighted by molar-refractivity contribution is 0.0738. The maximum Gasteiger partial charge on any atom is 0.255 e. The number of methoxy groups -OCH3 is 1. The molecule has 4 saturated heterocycles. The second-order valence-electron chi connectivity index (χ2n) is 32.3. The Kier molecular flexibility index (Phi) is 25.6. The van der Waals surface area contributed by atoms with Crippen molar-refractivity contribution in [1.29, 1.82) is 0 Å². The number of hydrogen-bond acceptors (Lipinski definition) is 13. The van der Waals surface area contributed by atoms with Crippen LogP contribution >= 0.6 is 34.8 Å². The number of nitrogens with zero attached hydrogens (tertiary/aromatic N) is 16. The number of aromatic nitrogens is 8. The average Bonchev–Trinajstić information content (AvgIpc) is 1.68. The number of pyridine rings is 4. The molecule has 21 nitrogen and oxygen atoms in total. The van der Waals surface area contributed by atoms with Gasteiger partial charge in [-0.2, -0.15) is 0 Å². The summed E-state index contributed by atoms with van der Waals surface area (Å²) in [4.78, 5) is 89.0. The quantitative estimate of drug-likeness (QED) is 0.107. The van der Waals surface area contributed by atoms with Crippen LogP contribution in [-0.4, -0.2) is 193 Å². The van der Waals surface area contributed by atoms with E-state index in [0.717, 1.165) is 200 Å². The van der Waals surface area contributed by atoms with Crippen LogP contribution < -0.4 is 24.3 Å². The van der Waals surface area contributed by atoms with Crippen molar-refractivity contribution in [2.75, 3.05) is 131 Å². The van der Waals surface area contributed by atoms with Crippen molar-refractivity contribution in [3.05, 3.63) is 351 Å². The Labute approximate surface area is 754 Å². The number of hydrogen-bond donors (Lipinski definition) is 0. The van der Waals surface area contributed by atoms with Gasteiger partial charge in [-0.3, -0.25) is 19.2 Å². The summed E-state index contributed by atoms with van der Waals surface area (Å²) in [6.07, 6.45) is 7.74. The van der Waals surface area contributed by atoms with Gasteiger partial charge in [0.25, 0.3) is 23.6 Å². The Morgan fingerprint density at radius 1 is 0.283 bits per heavy atom. The lowest BCUT2D eigenvalue weighted by atomic mass is 10.1. The number of piperazine rings is 4. The Hall–Kier alpha value is -13.7. The molecule has 0 atom stereocenters. The molecular weight excluding hydrogens is 1650 g/mol. The first-order chi connectivity index (χ1) is 61.8. The molecule has 0 aliphatic carbocycles. The summed E-state index contributed by atoms with van der Waals surface area (Å²) in [5.74, 6) is 4.44. The summed E-state index contributed by atoms with van der Waals surface area (Å²) in [6, 6.07) is 84.2. The standard InChI is InChI=1S/C27H28N4O.C26H26N4O2.C25H22Cl2N4O.C25H23ClN4O/c1-19-8-10-23(18-20(19)2)29-14-16-30(17-15-29)27(32)24-12-13-31(21(24)3)26-11-9-22-6-4-5-7-25(22)28-26;1-19-21(13-14-30(19)25-12-11-20-7-3-4-8-22(20)27-25)26(31)29-17-15-28(16-18-29)23-9-5-6-10-24(23)32-2;1-17-20(10-11-31(17)24-9-6-18-4-2-3-5-23(18)28-24)25(32)30-14-12-29(13-15-30)19-7-8-21(26)22(27)16-19;1-18-22(11-12-30(18)24-10-9-19-5-2-3-8-23(19)27-24)25(31)29-15-13-28(14-16-29)21-7-4-6-20(26)17-21/h4-13,18H,14-17H2,1-3H3;3-14H,15-18H2,1-2H3;2-11,16H,12-15H2,1H3;2-12,17H,13-16H2,1H3. The van der Waals surface area contributed by atoms with E-state index < -0.39 is 0 Å². The van der Waals surface area contributed by atoms with Crippen LogP contribution in [0.2, 0.25) is 15.1 Å². The van der Waals surface area contributed by atoms with E-state index in [4.69, 9.17) is 59.5 Å². The zero-order valence-electron chi connectivity index (χ0n) is 72.2. The summed E-state index contributed by atoms with van der Waals surface area (Å²) in [5, 5.41) is 6.23. The Morgan fingerprint density at radius 3 is 0.937 bits per heavy atom. The number of carbonyl (C=O) groups excluding carboxylic acids is 4. The number of ether oxygens (including phenoxy) is 1. The normalized spacial score (nSPS) is 14.2. The van der Waals surface area contributed by atoms with E-state index in [-0.39, 0.29) is 23.6 Å². The highest BCUT2D eigenvalue weighted by molar-refractivity contribution is 6.42. The first kappa shape index (κ1) is 85.4. The maximum atomic E-state index is 13.3. The van der Waals surface area contributed by atoms with Crippen LogP contribution in [0.15, 0.2) is 280 Å². The third kappa shape index (κ3) is 18.6.